The molecule has 1 saturated heterocycles. The normalized spacial score (nSPS) is 16.4. The molecule has 28 heavy (non-hydrogen) atoms. The molecule has 0 amide bonds. The number of hydrogen-bond donors (Lipinski definition) is 0. The van der Waals surface area contributed by atoms with Crippen LogP contribution in [0.5, 0.6) is 0 Å². The molecule has 0 atom stereocenters. The van der Waals surface area contributed by atoms with Crippen molar-refractivity contribution in [2.75, 3.05) is 13.1 Å². The lowest BCUT2D eigenvalue weighted by atomic mass is 10.1. The second-order valence-electron chi connectivity index (χ2n) is 7.21. The van der Waals surface area contributed by atoms with Crippen molar-refractivity contribution in [1.82, 2.24) is 14.8 Å². The van der Waals surface area contributed by atoms with Crippen LogP contribution in [0, 0.1) is 11.6 Å². The Morgan fingerprint density at radius 2 is 1.32 bits per heavy atom. The first-order valence-corrected chi connectivity index (χ1v) is 9.56. The van der Waals surface area contributed by atoms with Crippen LogP contribution in [0.25, 0.3) is 0 Å². The minimum atomic E-state index is -0.218. The fraction of sp³-hybridized carbons (Fsp3) is 0.261. The summed E-state index contributed by atoms with van der Waals surface area (Å²) in [5.41, 5.74) is 3.30. The van der Waals surface area contributed by atoms with Gasteiger partial charge >= 0.3 is 0 Å². The molecule has 0 spiro atoms. The van der Waals surface area contributed by atoms with E-state index in [0.717, 1.165) is 49.3 Å². The lowest BCUT2D eigenvalue weighted by Gasteiger charge is -2.44. The van der Waals surface area contributed by atoms with Crippen LogP contribution in [0.3, 0.4) is 0 Å². The molecule has 1 aliphatic heterocycles. The Balaban J connectivity index is 1.60. The van der Waals surface area contributed by atoms with Crippen molar-refractivity contribution in [2.24, 2.45) is 0 Å². The maximum Gasteiger partial charge on any atom is 0.123 e. The van der Waals surface area contributed by atoms with Crippen LogP contribution in [-0.2, 0) is 13.1 Å². The summed E-state index contributed by atoms with van der Waals surface area (Å²) in [7, 11) is 0. The van der Waals surface area contributed by atoms with Gasteiger partial charge in [-0.3, -0.25) is 14.8 Å². The first-order chi connectivity index (χ1) is 13.7. The Labute approximate surface area is 164 Å². The molecule has 0 N–H and O–H groups in total. The van der Waals surface area contributed by atoms with Gasteiger partial charge in [-0.1, -0.05) is 30.3 Å². The van der Waals surface area contributed by atoms with E-state index in [4.69, 9.17) is 0 Å². The largest absolute Gasteiger partial charge is 0.280 e. The third-order valence-corrected chi connectivity index (χ3v) is 5.16. The fourth-order valence-corrected chi connectivity index (χ4v) is 3.88. The molecule has 1 aromatic heterocycles. The third-order valence-electron chi connectivity index (χ3n) is 5.16. The molecular formula is C23H23F2N3. The van der Waals surface area contributed by atoms with E-state index >= 15 is 0 Å². The van der Waals surface area contributed by atoms with E-state index in [1.54, 1.807) is 6.20 Å². The number of benzene rings is 2. The number of halogens is 2. The summed E-state index contributed by atoms with van der Waals surface area (Å²) in [5.74, 6) is -0.437. The molecule has 0 bridgehead atoms. The van der Waals surface area contributed by atoms with E-state index in [1.165, 1.54) is 24.3 Å². The highest BCUT2D eigenvalue weighted by molar-refractivity contribution is 5.20. The minimum absolute atomic E-state index is 0.0672. The average molecular weight is 379 g/mol. The summed E-state index contributed by atoms with van der Waals surface area (Å²) in [6, 6.07) is 17.5. The fourth-order valence-electron chi connectivity index (χ4n) is 3.88. The zero-order chi connectivity index (χ0) is 19.3. The molecule has 5 heteroatoms. The van der Waals surface area contributed by atoms with Gasteiger partial charge in [-0.25, -0.2) is 8.78 Å². The number of rotatable bonds is 5. The second kappa shape index (κ2) is 8.59. The van der Waals surface area contributed by atoms with Gasteiger partial charge in [-0.05, 0) is 47.9 Å². The van der Waals surface area contributed by atoms with Crippen LogP contribution in [0.1, 0.15) is 29.3 Å². The number of pyridine rings is 1. The zero-order valence-electron chi connectivity index (χ0n) is 15.6. The van der Waals surface area contributed by atoms with E-state index < -0.39 is 0 Å². The molecule has 0 aliphatic carbocycles. The molecule has 1 fully saturated rings. The predicted molar refractivity (Wildman–Crippen MR) is 105 cm³/mol. The molecule has 3 nitrogen and oxygen atoms in total. The van der Waals surface area contributed by atoms with E-state index in [1.807, 2.05) is 36.5 Å². The average Bonchev–Trinajstić information content (AvgIpc) is 2.72. The molecule has 0 unspecified atom stereocenters. The Morgan fingerprint density at radius 3 is 1.79 bits per heavy atom. The van der Waals surface area contributed by atoms with Crippen molar-refractivity contribution in [1.29, 1.82) is 0 Å². The molecule has 1 aliphatic rings. The summed E-state index contributed by atoms with van der Waals surface area (Å²) < 4.78 is 26.6. The van der Waals surface area contributed by atoms with Gasteiger partial charge in [-0.2, -0.15) is 0 Å². The van der Waals surface area contributed by atoms with Crippen molar-refractivity contribution in [3.8, 4) is 0 Å². The van der Waals surface area contributed by atoms with Crippen LogP contribution >= 0.6 is 0 Å². The van der Waals surface area contributed by atoms with Gasteiger partial charge in [0.1, 0.15) is 11.6 Å². The quantitative estimate of drug-likeness (QED) is 0.637. The van der Waals surface area contributed by atoms with Gasteiger partial charge in [0.25, 0.3) is 0 Å². The maximum atomic E-state index is 13.3. The lowest BCUT2D eigenvalue weighted by molar-refractivity contribution is -0.00930. The lowest BCUT2D eigenvalue weighted by Crippen LogP contribution is -2.46. The molecule has 2 heterocycles. The summed E-state index contributed by atoms with van der Waals surface area (Å²) in [5, 5.41) is 0. The predicted octanol–water partition coefficient (Wildman–Crippen LogP) is 4.77. The monoisotopic (exact) mass is 379 g/mol. The number of aromatic nitrogens is 1. The smallest absolute Gasteiger partial charge is 0.123 e. The van der Waals surface area contributed by atoms with Crippen molar-refractivity contribution < 1.29 is 8.78 Å². The third kappa shape index (κ3) is 4.43. The molecule has 144 valence electrons. The van der Waals surface area contributed by atoms with Gasteiger partial charge in [0, 0.05) is 44.1 Å². The first-order valence-electron chi connectivity index (χ1n) is 9.56. The van der Waals surface area contributed by atoms with E-state index in [0.29, 0.717) is 0 Å². The summed E-state index contributed by atoms with van der Waals surface area (Å²) in [4.78, 5) is 9.11. The highest BCUT2D eigenvalue weighted by Crippen LogP contribution is 2.31. The topological polar surface area (TPSA) is 19.4 Å². The zero-order valence-corrected chi connectivity index (χ0v) is 15.6. The minimum Gasteiger partial charge on any atom is -0.280 e. The van der Waals surface area contributed by atoms with Gasteiger partial charge in [0.15, 0.2) is 0 Å². The Bertz CT molecular complexity index is 826. The molecule has 4 rings (SSSR count). The van der Waals surface area contributed by atoms with Gasteiger partial charge in [-0.15, -0.1) is 0 Å². The summed E-state index contributed by atoms with van der Waals surface area (Å²) in [6.45, 7) is 3.38. The van der Waals surface area contributed by atoms with Crippen molar-refractivity contribution in [3.63, 3.8) is 0 Å². The van der Waals surface area contributed by atoms with Gasteiger partial charge in [0.2, 0.25) is 0 Å². The molecule has 2 aromatic carbocycles. The van der Waals surface area contributed by atoms with Gasteiger partial charge in [0.05, 0.1) is 6.17 Å². The second-order valence-corrected chi connectivity index (χ2v) is 7.21. The first kappa shape index (κ1) is 18.7. The number of nitrogens with zero attached hydrogens (tertiary/aromatic N) is 3. The van der Waals surface area contributed by atoms with Crippen molar-refractivity contribution >= 4 is 0 Å². The summed E-state index contributed by atoms with van der Waals surface area (Å²) >= 11 is 0. The Hall–Kier alpha value is -2.63. The Kier molecular flexibility index (Phi) is 5.74. The van der Waals surface area contributed by atoms with Crippen LogP contribution in [-0.4, -0.2) is 27.9 Å². The molecule has 0 saturated carbocycles. The summed E-state index contributed by atoms with van der Waals surface area (Å²) in [6.07, 6.45) is 4.79. The van der Waals surface area contributed by atoms with Crippen molar-refractivity contribution in [2.45, 2.75) is 25.7 Å². The van der Waals surface area contributed by atoms with Crippen LogP contribution in [0.2, 0.25) is 0 Å². The van der Waals surface area contributed by atoms with Crippen LogP contribution in [0.4, 0.5) is 8.78 Å². The van der Waals surface area contributed by atoms with Crippen LogP contribution in [0.15, 0.2) is 73.1 Å². The molecule has 0 radical (unpaired) electrons. The SMILES string of the molecule is Fc1ccc(CN2CCCN(Cc3ccc(F)cc3)C2c2cccnc2)cc1. The Morgan fingerprint density at radius 1 is 0.786 bits per heavy atom. The highest BCUT2D eigenvalue weighted by Gasteiger charge is 2.30. The van der Waals surface area contributed by atoms with E-state index in [9.17, 15) is 8.78 Å². The van der Waals surface area contributed by atoms with E-state index in [2.05, 4.69) is 20.9 Å². The standard InChI is InChI=1S/C23H23F2N3/c24-21-8-4-18(5-9-21)16-27-13-2-14-28(17-19-6-10-22(25)11-7-19)23(27)20-3-1-12-26-15-20/h1,3-12,15,23H,2,13-14,16-17H2. The maximum absolute atomic E-state index is 13.3. The van der Waals surface area contributed by atoms with Gasteiger partial charge < -0.3 is 0 Å². The van der Waals surface area contributed by atoms with Crippen molar-refractivity contribution in [3.05, 3.63) is 101 Å². The highest BCUT2D eigenvalue weighted by atomic mass is 19.1. The molecular weight excluding hydrogens is 356 g/mol. The van der Waals surface area contributed by atoms with E-state index in [-0.39, 0.29) is 17.8 Å². The number of hydrogen-bond acceptors (Lipinski definition) is 3. The van der Waals surface area contributed by atoms with Crippen LogP contribution < -0.4 is 0 Å². The molecule has 3 aromatic rings.